The molecule has 0 unspecified atom stereocenters. The average Bonchev–Trinajstić information content (AvgIpc) is 2.21. The van der Waals surface area contributed by atoms with Crippen LogP contribution in [-0.2, 0) is 9.53 Å². The first-order valence-corrected chi connectivity index (χ1v) is 5.06. The highest BCUT2D eigenvalue weighted by molar-refractivity contribution is 5.78. The Morgan fingerprint density at radius 2 is 2.00 bits per heavy atom. The number of H-pyrrole nitrogens is 2. The minimum Gasteiger partial charge on any atom is -0.461 e. The van der Waals surface area contributed by atoms with Crippen molar-refractivity contribution in [3.05, 3.63) is 20.8 Å². The average molecular weight is 242 g/mol. The van der Waals surface area contributed by atoms with Gasteiger partial charge in [0, 0.05) is 0 Å². The van der Waals surface area contributed by atoms with Crippen LogP contribution in [0, 0.1) is 0 Å². The fourth-order valence-corrected chi connectivity index (χ4v) is 1.04. The highest BCUT2D eigenvalue weighted by Crippen LogP contribution is 1.99. The normalized spacial score (nSPS) is 12.2. The monoisotopic (exact) mass is 242 g/mol. The van der Waals surface area contributed by atoms with Crippen LogP contribution in [0.15, 0.2) is 9.59 Å². The molecule has 0 amide bonds. The number of hydrogen-bond donors (Lipinski definition) is 3. The number of nitrogens with one attached hydrogen (secondary N) is 3. The summed E-state index contributed by atoms with van der Waals surface area (Å²) in [4.78, 5) is 35.4. The standard InChI is InChI=1S/C9H14N4O4/c1-4(2)17-8(15)5(3)10-6-7(14)11-9(16)13-12-6/h4-5H,1-3H3,(H,10,12)(H2,11,13,14,16)/t5-/m0/s1. The van der Waals surface area contributed by atoms with Crippen LogP contribution in [0.3, 0.4) is 0 Å². The van der Waals surface area contributed by atoms with Crippen molar-refractivity contribution in [2.45, 2.75) is 32.9 Å². The molecule has 0 radical (unpaired) electrons. The molecule has 0 saturated heterocycles. The Hall–Kier alpha value is -2.12. The van der Waals surface area contributed by atoms with Gasteiger partial charge in [-0.25, -0.2) is 14.7 Å². The Bertz CT molecular complexity index is 504. The van der Waals surface area contributed by atoms with E-state index in [1.807, 2.05) is 4.98 Å². The molecule has 1 atom stereocenters. The largest absolute Gasteiger partial charge is 0.461 e. The summed E-state index contributed by atoms with van der Waals surface area (Å²) < 4.78 is 4.93. The summed E-state index contributed by atoms with van der Waals surface area (Å²) in [6, 6.07) is -0.739. The van der Waals surface area contributed by atoms with Crippen molar-refractivity contribution in [1.29, 1.82) is 0 Å². The number of rotatable bonds is 4. The maximum absolute atomic E-state index is 11.4. The molecular weight excluding hydrogens is 228 g/mol. The Labute approximate surface area is 96.4 Å². The lowest BCUT2D eigenvalue weighted by molar-refractivity contribution is -0.147. The van der Waals surface area contributed by atoms with Gasteiger partial charge in [-0.1, -0.05) is 0 Å². The molecule has 3 N–H and O–H groups in total. The van der Waals surface area contributed by atoms with Crippen LogP contribution in [0.25, 0.3) is 0 Å². The van der Waals surface area contributed by atoms with E-state index in [1.165, 1.54) is 6.92 Å². The van der Waals surface area contributed by atoms with Gasteiger partial charge in [0.05, 0.1) is 6.10 Å². The highest BCUT2D eigenvalue weighted by Gasteiger charge is 2.17. The van der Waals surface area contributed by atoms with Gasteiger partial charge in [-0.3, -0.25) is 9.78 Å². The third-order valence-corrected chi connectivity index (χ3v) is 1.77. The van der Waals surface area contributed by atoms with Crippen LogP contribution in [0.4, 0.5) is 5.82 Å². The molecule has 1 aromatic heterocycles. The second-order valence-corrected chi connectivity index (χ2v) is 3.71. The predicted octanol–water partition coefficient (Wildman–Crippen LogP) is -0.790. The summed E-state index contributed by atoms with van der Waals surface area (Å²) in [6.45, 7) is 4.96. The number of aromatic nitrogens is 3. The van der Waals surface area contributed by atoms with E-state index in [9.17, 15) is 14.4 Å². The summed E-state index contributed by atoms with van der Waals surface area (Å²) in [5.74, 6) is -0.648. The van der Waals surface area contributed by atoms with Gasteiger partial charge in [0.15, 0.2) is 0 Å². The molecule has 94 valence electrons. The first-order chi connectivity index (χ1) is 7.90. The number of aromatic amines is 2. The zero-order chi connectivity index (χ0) is 13.0. The van der Waals surface area contributed by atoms with E-state index in [-0.39, 0.29) is 11.9 Å². The van der Waals surface area contributed by atoms with Gasteiger partial charge in [0.2, 0.25) is 5.82 Å². The maximum atomic E-state index is 11.4. The van der Waals surface area contributed by atoms with E-state index in [0.717, 1.165) is 0 Å². The van der Waals surface area contributed by atoms with E-state index < -0.39 is 23.3 Å². The molecule has 1 rings (SSSR count). The lowest BCUT2D eigenvalue weighted by Gasteiger charge is -2.14. The molecular formula is C9H14N4O4. The van der Waals surface area contributed by atoms with Crippen molar-refractivity contribution in [2.75, 3.05) is 5.32 Å². The van der Waals surface area contributed by atoms with Crippen LogP contribution in [0.2, 0.25) is 0 Å². The molecule has 1 heterocycles. The van der Waals surface area contributed by atoms with Crippen LogP contribution >= 0.6 is 0 Å². The number of ether oxygens (including phenoxy) is 1. The van der Waals surface area contributed by atoms with Crippen molar-refractivity contribution in [3.8, 4) is 0 Å². The zero-order valence-electron chi connectivity index (χ0n) is 9.73. The Morgan fingerprint density at radius 3 is 2.53 bits per heavy atom. The van der Waals surface area contributed by atoms with E-state index >= 15 is 0 Å². The second-order valence-electron chi connectivity index (χ2n) is 3.71. The molecule has 17 heavy (non-hydrogen) atoms. The summed E-state index contributed by atoms with van der Waals surface area (Å²) in [5, 5.41) is 8.07. The number of esters is 1. The maximum Gasteiger partial charge on any atom is 0.342 e. The van der Waals surface area contributed by atoms with Gasteiger partial charge in [0.25, 0.3) is 5.56 Å². The molecule has 0 aliphatic rings. The lowest BCUT2D eigenvalue weighted by atomic mass is 10.3. The molecule has 8 nitrogen and oxygen atoms in total. The van der Waals surface area contributed by atoms with Crippen LogP contribution < -0.4 is 16.6 Å². The number of hydrogen-bond acceptors (Lipinski definition) is 6. The fraction of sp³-hybridized carbons (Fsp3) is 0.556. The summed E-state index contributed by atoms with van der Waals surface area (Å²) in [6.07, 6.45) is -0.242. The summed E-state index contributed by atoms with van der Waals surface area (Å²) >= 11 is 0. The van der Waals surface area contributed by atoms with Gasteiger partial charge in [-0.05, 0) is 20.8 Å². The van der Waals surface area contributed by atoms with Gasteiger partial charge >= 0.3 is 11.7 Å². The van der Waals surface area contributed by atoms with Crippen molar-refractivity contribution in [3.63, 3.8) is 0 Å². The predicted molar refractivity (Wildman–Crippen MR) is 59.8 cm³/mol. The van der Waals surface area contributed by atoms with Crippen molar-refractivity contribution >= 4 is 11.8 Å². The highest BCUT2D eigenvalue weighted by atomic mass is 16.5. The Kier molecular flexibility index (Phi) is 4.02. The molecule has 0 saturated carbocycles. The second kappa shape index (κ2) is 5.28. The van der Waals surface area contributed by atoms with Crippen LogP contribution in [0.1, 0.15) is 20.8 Å². The van der Waals surface area contributed by atoms with E-state index in [2.05, 4.69) is 15.5 Å². The molecule has 8 heteroatoms. The Morgan fingerprint density at radius 1 is 1.35 bits per heavy atom. The number of nitrogens with zero attached hydrogens (tertiary/aromatic N) is 1. The fourth-order valence-electron chi connectivity index (χ4n) is 1.04. The molecule has 1 aromatic rings. The molecule has 0 aromatic carbocycles. The van der Waals surface area contributed by atoms with Crippen molar-refractivity contribution < 1.29 is 9.53 Å². The van der Waals surface area contributed by atoms with Crippen molar-refractivity contribution in [2.24, 2.45) is 0 Å². The van der Waals surface area contributed by atoms with E-state index in [0.29, 0.717) is 0 Å². The SMILES string of the molecule is CC(C)OC(=O)[C@H](C)Nc1n[nH]c(=O)[nH]c1=O. The number of carbonyl (C=O) groups is 1. The molecule has 0 spiro atoms. The smallest absolute Gasteiger partial charge is 0.342 e. The van der Waals surface area contributed by atoms with E-state index in [4.69, 9.17) is 4.74 Å². The van der Waals surface area contributed by atoms with Gasteiger partial charge < -0.3 is 10.1 Å². The first kappa shape index (κ1) is 12.9. The first-order valence-electron chi connectivity index (χ1n) is 5.06. The molecule has 0 aliphatic carbocycles. The summed E-state index contributed by atoms with van der Waals surface area (Å²) in [7, 11) is 0. The van der Waals surface area contributed by atoms with Gasteiger partial charge in [-0.2, -0.15) is 0 Å². The van der Waals surface area contributed by atoms with Crippen molar-refractivity contribution in [1.82, 2.24) is 15.2 Å². The lowest BCUT2D eigenvalue weighted by Crippen LogP contribution is -2.35. The summed E-state index contributed by atoms with van der Waals surface area (Å²) in [5.41, 5.74) is -1.41. The minimum absolute atomic E-state index is 0.141. The van der Waals surface area contributed by atoms with Crippen LogP contribution in [-0.4, -0.2) is 33.3 Å². The zero-order valence-corrected chi connectivity index (χ0v) is 9.73. The molecule has 0 bridgehead atoms. The van der Waals surface area contributed by atoms with Gasteiger partial charge in [0.1, 0.15) is 6.04 Å². The Balaban J connectivity index is 2.74. The molecule has 0 aliphatic heterocycles. The topological polar surface area (TPSA) is 117 Å². The minimum atomic E-state index is -0.739. The number of anilines is 1. The van der Waals surface area contributed by atoms with Gasteiger partial charge in [-0.15, -0.1) is 5.10 Å². The van der Waals surface area contributed by atoms with Crippen LogP contribution in [0.5, 0.6) is 0 Å². The third-order valence-electron chi connectivity index (χ3n) is 1.77. The third kappa shape index (κ3) is 3.74. The molecule has 0 fully saturated rings. The van der Waals surface area contributed by atoms with E-state index in [1.54, 1.807) is 13.8 Å². The quantitative estimate of drug-likeness (QED) is 0.596. The number of carbonyl (C=O) groups excluding carboxylic acids is 1.